The lowest BCUT2D eigenvalue weighted by Crippen LogP contribution is -2.46. The number of benzene rings is 1. The number of aliphatic hydroxyl groups excluding tert-OH is 1. The normalized spacial score (nSPS) is 30.6. The third kappa shape index (κ3) is 6.85. The second-order valence-corrected chi connectivity index (χ2v) is 9.27. The minimum absolute atomic E-state index is 0.00505. The van der Waals surface area contributed by atoms with Gasteiger partial charge in [-0.15, -0.1) is 6.58 Å². The van der Waals surface area contributed by atoms with E-state index in [4.69, 9.17) is 18.9 Å². The Morgan fingerprint density at radius 3 is 2.65 bits per heavy atom. The maximum absolute atomic E-state index is 12.6. The molecule has 3 rings (SSSR count). The zero-order chi connectivity index (χ0) is 24.7. The molecule has 0 saturated carbocycles. The fourth-order valence-corrected chi connectivity index (χ4v) is 4.54. The summed E-state index contributed by atoms with van der Waals surface area (Å²) in [5.74, 6) is -0.864. The summed E-state index contributed by atoms with van der Waals surface area (Å²) in [7, 11) is 0. The van der Waals surface area contributed by atoms with E-state index in [1.807, 2.05) is 44.2 Å². The SMILES string of the molecule is C=CC[C@@H]1C=CC(=O)[C@@H]([C@@H](C)[C@@H]2OC(C[C@@H](C)COC(C)=O)[C@H](OCc3ccccc3)[C@H]2O)O1. The first-order valence-corrected chi connectivity index (χ1v) is 11.9. The van der Waals surface area contributed by atoms with E-state index < -0.39 is 36.4 Å². The predicted molar refractivity (Wildman–Crippen MR) is 127 cm³/mol. The van der Waals surface area contributed by atoms with Crippen LogP contribution in [0.2, 0.25) is 0 Å². The summed E-state index contributed by atoms with van der Waals surface area (Å²) < 4.78 is 23.6. The van der Waals surface area contributed by atoms with Crippen molar-refractivity contribution in [1.29, 1.82) is 0 Å². The third-order valence-electron chi connectivity index (χ3n) is 6.33. The van der Waals surface area contributed by atoms with E-state index >= 15 is 0 Å². The monoisotopic (exact) mass is 472 g/mol. The number of ether oxygens (including phenoxy) is 4. The van der Waals surface area contributed by atoms with Crippen molar-refractivity contribution >= 4 is 11.8 Å². The van der Waals surface area contributed by atoms with Crippen LogP contribution >= 0.6 is 0 Å². The second kappa shape index (κ2) is 12.4. The number of ketones is 1. The standard InChI is InChI=1S/C27H36O7/c1-5-9-21-12-13-22(29)25(33-21)18(3)26-24(30)27(32-16-20-10-7-6-8-11-20)23(34-26)14-17(2)15-31-19(4)28/h5-8,10-13,17-18,21,23-27,30H,1,9,14-16H2,2-4H3/t17-,18-,21-,23?,24+,25-,26+,27+/m1/s1. The smallest absolute Gasteiger partial charge is 0.302 e. The first kappa shape index (κ1) is 26.3. The highest BCUT2D eigenvalue weighted by atomic mass is 16.6. The number of carbonyl (C=O) groups excluding carboxylic acids is 2. The molecule has 0 bridgehead atoms. The molecule has 7 nitrogen and oxygen atoms in total. The van der Waals surface area contributed by atoms with Crippen LogP contribution in [0.5, 0.6) is 0 Å². The Kier molecular flexibility index (Phi) is 9.59. The van der Waals surface area contributed by atoms with E-state index in [1.54, 1.807) is 18.2 Å². The maximum atomic E-state index is 12.6. The van der Waals surface area contributed by atoms with Crippen LogP contribution in [0.1, 0.15) is 39.2 Å². The predicted octanol–water partition coefficient (Wildman–Crippen LogP) is 3.39. The quantitative estimate of drug-likeness (QED) is 0.390. The molecule has 0 aromatic heterocycles. The molecule has 186 valence electrons. The van der Waals surface area contributed by atoms with Crippen molar-refractivity contribution in [2.75, 3.05) is 6.61 Å². The van der Waals surface area contributed by atoms with Crippen molar-refractivity contribution in [2.45, 2.75) is 76.8 Å². The molecule has 0 amide bonds. The van der Waals surface area contributed by atoms with Gasteiger partial charge in [-0.1, -0.05) is 56.3 Å². The lowest BCUT2D eigenvalue weighted by molar-refractivity contribution is -0.143. The molecule has 8 atom stereocenters. The van der Waals surface area contributed by atoms with E-state index in [-0.39, 0.29) is 30.4 Å². The molecule has 1 saturated heterocycles. The van der Waals surface area contributed by atoms with E-state index in [9.17, 15) is 14.7 Å². The number of hydrogen-bond acceptors (Lipinski definition) is 7. The molecule has 2 heterocycles. The zero-order valence-electron chi connectivity index (χ0n) is 20.2. The van der Waals surface area contributed by atoms with Crippen molar-refractivity contribution in [3.05, 3.63) is 60.7 Å². The van der Waals surface area contributed by atoms with Crippen LogP contribution in [0, 0.1) is 11.8 Å². The van der Waals surface area contributed by atoms with Crippen molar-refractivity contribution in [3.8, 4) is 0 Å². The number of carbonyl (C=O) groups is 2. The van der Waals surface area contributed by atoms with Gasteiger partial charge in [0.15, 0.2) is 5.78 Å². The summed E-state index contributed by atoms with van der Waals surface area (Å²) in [5.41, 5.74) is 0.987. The van der Waals surface area contributed by atoms with Gasteiger partial charge in [0.05, 0.1) is 31.5 Å². The third-order valence-corrected chi connectivity index (χ3v) is 6.33. The molecule has 1 fully saturated rings. The van der Waals surface area contributed by atoms with E-state index in [0.29, 0.717) is 19.4 Å². The van der Waals surface area contributed by atoms with Gasteiger partial charge in [0.25, 0.3) is 0 Å². The average Bonchev–Trinajstić information content (AvgIpc) is 3.12. The Labute approximate surface area is 201 Å². The summed E-state index contributed by atoms with van der Waals surface area (Å²) in [4.78, 5) is 23.8. The van der Waals surface area contributed by atoms with E-state index in [0.717, 1.165) is 5.56 Å². The summed E-state index contributed by atoms with van der Waals surface area (Å²) in [6.45, 7) is 9.52. The number of esters is 1. The molecular formula is C27H36O7. The minimum atomic E-state index is -0.940. The summed E-state index contributed by atoms with van der Waals surface area (Å²) in [6, 6.07) is 9.72. The molecule has 2 aliphatic rings. The molecule has 1 unspecified atom stereocenters. The molecule has 1 aromatic rings. The highest BCUT2D eigenvalue weighted by Crippen LogP contribution is 2.35. The molecule has 34 heavy (non-hydrogen) atoms. The first-order valence-electron chi connectivity index (χ1n) is 11.9. The van der Waals surface area contributed by atoms with Crippen molar-refractivity contribution < 1.29 is 33.6 Å². The van der Waals surface area contributed by atoms with Crippen LogP contribution < -0.4 is 0 Å². The molecular weight excluding hydrogens is 436 g/mol. The topological polar surface area (TPSA) is 91.3 Å². The Morgan fingerprint density at radius 1 is 1.24 bits per heavy atom. The van der Waals surface area contributed by atoms with Crippen molar-refractivity contribution in [1.82, 2.24) is 0 Å². The van der Waals surface area contributed by atoms with Crippen LogP contribution in [0.4, 0.5) is 0 Å². The van der Waals surface area contributed by atoms with Gasteiger partial charge < -0.3 is 24.1 Å². The van der Waals surface area contributed by atoms with Crippen LogP contribution in [0.3, 0.4) is 0 Å². The van der Waals surface area contributed by atoms with Crippen molar-refractivity contribution in [3.63, 3.8) is 0 Å². The molecule has 0 aliphatic carbocycles. The molecule has 1 N–H and O–H groups in total. The van der Waals surface area contributed by atoms with Gasteiger partial charge in [-0.05, 0) is 30.4 Å². The van der Waals surface area contributed by atoms with Gasteiger partial charge in [0, 0.05) is 12.8 Å². The highest BCUT2D eigenvalue weighted by molar-refractivity contribution is 5.94. The Morgan fingerprint density at radius 2 is 1.97 bits per heavy atom. The first-order chi connectivity index (χ1) is 16.3. The molecule has 0 radical (unpaired) electrons. The van der Waals surface area contributed by atoms with Gasteiger partial charge in [0.2, 0.25) is 0 Å². The van der Waals surface area contributed by atoms with Gasteiger partial charge in [-0.3, -0.25) is 9.59 Å². The van der Waals surface area contributed by atoms with E-state index in [2.05, 4.69) is 6.58 Å². The Hall–Kier alpha value is -2.32. The second-order valence-electron chi connectivity index (χ2n) is 9.27. The van der Waals surface area contributed by atoms with E-state index in [1.165, 1.54) is 6.92 Å². The average molecular weight is 473 g/mol. The van der Waals surface area contributed by atoms with Gasteiger partial charge in [-0.25, -0.2) is 0 Å². The van der Waals surface area contributed by atoms with Gasteiger partial charge in [0.1, 0.15) is 18.3 Å². The lowest BCUT2D eigenvalue weighted by atomic mass is 9.88. The minimum Gasteiger partial charge on any atom is -0.466 e. The molecule has 0 spiro atoms. The molecule has 7 heteroatoms. The van der Waals surface area contributed by atoms with Crippen LogP contribution in [0.15, 0.2) is 55.1 Å². The number of aliphatic hydroxyl groups is 1. The summed E-state index contributed by atoms with van der Waals surface area (Å²) >= 11 is 0. The Balaban J connectivity index is 1.73. The number of hydrogen-bond donors (Lipinski definition) is 1. The van der Waals surface area contributed by atoms with Gasteiger partial charge in [-0.2, -0.15) is 0 Å². The zero-order valence-corrected chi connectivity index (χ0v) is 20.2. The fourth-order valence-electron chi connectivity index (χ4n) is 4.54. The summed E-state index contributed by atoms with van der Waals surface area (Å²) in [5, 5.41) is 11.2. The Bertz CT molecular complexity index is 852. The van der Waals surface area contributed by atoms with Crippen molar-refractivity contribution in [2.24, 2.45) is 11.8 Å². The largest absolute Gasteiger partial charge is 0.466 e. The fraction of sp³-hybridized carbons (Fsp3) is 0.556. The number of rotatable bonds is 11. The molecule has 1 aromatic carbocycles. The van der Waals surface area contributed by atoms with Crippen LogP contribution in [-0.2, 0) is 35.1 Å². The molecule has 2 aliphatic heterocycles. The summed E-state index contributed by atoms with van der Waals surface area (Å²) in [6.07, 6.45) is 2.62. The lowest BCUT2D eigenvalue weighted by Gasteiger charge is -2.32. The highest BCUT2D eigenvalue weighted by Gasteiger charge is 2.50. The van der Waals surface area contributed by atoms with Crippen LogP contribution in [-0.4, -0.2) is 60.1 Å². The van der Waals surface area contributed by atoms with Crippen LogP contribution in [0.25, 0.3) is 0 Å². The maximum Gasteiger partial charge on any atom is 0.302 e. The van der Waals surface area contributed by atoms with Gasteiger partial charge >= 0.3 is 5.97 Å².